The van der Waals surface area contributed by atoms with Crippen LogP contribution in [0.15, 0.2) is 42.5 Å². The van der Waals surface area contributed by atoms with Gasteiger partial charge in [-0.15, -0.1) is 0 Å². The standard InChI is InChI=1S/C15H13FO4/c1-19-11-4-2-10(3-5-11)9-20-12-6-7-13(15(17)18)14(16)8-12/h2-8H,9H2,1H3,(H,17,18). The Morgan fingerprint density at radius 2 is 1.80 bits per heavy atom. The number of carboxylic acids is 1. The van der Waals surface area contributed by atoms with E-state index in [2.05, 4.69) is 0 Å². The van der Waals surface area contributed by atoms with Crippen LogP contribution in [0.5, 0.6) is 11.5 Å². The van der Waals surface area contributed by atoms with E-state index in [0.717, 1.165) is 17.4 Å². The summed E-state index contributed by atoms with van der Waals surface area (Å²) in [6.45, 7) is 0.260. The summed E-state index contributed by atoms with van der Waals surface area (Å²) >= 11 is 0. The second-order valence-electron chi connectivity index (χ2n) is 4.08. The van der Waals surface area contributed by atoms with Crippen LogP contribution in [-0.4, -0.2) is 18.2 Å². The Bertz CT molecular complexity index is 608. The Labute approximate surface area is 115 Å². The monoisotopic (exact) mass is 276 g/mol. The van der Waals surface area contributed by atoms with Gasteiger partial charge in [-0.05, 0) is 29.8 Å². The minimum absolute atomic E-state index is 0.260. The molecule has 4 nitrogen and oxygen atoms in total. The van der Waals surface area contributed by atoms with E-state index in [1.165, 1.54) is 12.1 Å². The van der Waals surface area contributed by atoms with E-state index < -0.39 is 11.8 Å². The van der Waals surface area contributed by atoms with Crippen molar-refractivity contribution in [3.8, 4) is 11.5 Å². The number of rotatable bonds is 5. The fraction of sp³-hybridized carbons (Fsp3) is 0.133. The molecular weight excluding hydrogens is 263 g/mol. The average molecular weight is 276 g/mol. The zero-order valence-electron chi connectivity index (χ0n) is 10.8. The number of carbonyl (C=O) groups is 1. The lowest BCUT2D eigenvalue weighted by atomic mass is 10.2. The molecule has 0 aliphatic rings. The number of halogens is 1. The minimum atomic E-state index is -1.30. The fourth-order valence-electron chi connectivity index (χ4n) is 1.65. The molecule has 0 amide bonds. The van der Waals surface area contributed by atoms with Crippen molar-refractivity contribution in [1.82, 2.24) is 0 Å². The molecule has 0 saturated heterocycles. The van der Waals surface area contributed by atoms with E-state index in [4.69, 9.17) is 14.6 Å². The largest absolute Gasteiger partial charge is 0.497 e. The molecule has 0 spiro atoms. The van der Waals surface area contributed by atoms with E-state index in [1.54, 1.807) is 19.2 Å². The summed E-state index contributed by atoms with van der Waals surface area (Å²) in [6.07, 6.45) is 0. The molecule has 2 aromatic rings. The van der Waals surface area contributed by atoms with Gasteiger partial charge in [0.25, 0.3) is 0 Å². The maximum absolute atomic E-state index is 13.4. The molecule has 0 bridgehead atoms. The van der Waals surface area contributed by atoms with Crippen molar-refractivity contribution in [2.24, 2.45) is 0 Å². The second-order valence-corrected chi connectivity index (χ2v) is 4.08. The highest BCUT2D eigenvalue weighted by Gasteiger charge is 2.10. The number of hydrogen-bond acceptors (Lipinski definition) is 3. The molecule has 0 fully saturated rings. The first kappa shape index (κ1) is 13.9. The first-order chi connectivity index (χ1) is 9.60. The molecule has 0 heterocycles. The van der Waals surface area contributed by atoms with Gasteiger partial charge in [0.2, 0.25) is 0 Å². The molecule has 20 heavy (non-hydrogen) atoms. The number of hydrogen-bond donors (Lipinski definition) is 1. The number of ether oxygens (including phenoxy) is 2. The predicted molar refractivity (Wildman–Crippen MR) is 70.7 cm³/mol. The van der Waals surface area contributed by atoms with Crippen molar-refractivity contribution in [3.63, 3.8) is 0 Å². The van der Waals surface area contributed by atoms with Crippen LogP contribution >= 0.6 is 0 Å². The molecule has 2 aromatic carbocycles. The summed E-state index contributed by atoms with van der Waals surface area (Å²) in [5.41, 5.74) is 0.523. The topological polar surface area (TPSA) is 55.8 Å². The van der Waals surface area contributed by atoms with Gasteiger partial charge in [-0.25, -0.2) is 9.18 Å². The van der Waals surface area contributed by atoms with Crippen LogP contribution in [0.2, 0.25) is 0 Å². The number of benzene rings is 2. The van der Waals surface area contributed by atoms with Gasteiger partial charge < -0.3 is 14.6 Å². The summed E-state index contributed by atoms with van der Waals surface area (Å²) in [5, 5.41) is 8.72. The predicted octanol–water partition coefficient (Wildman–Crippen LogP) is 3.11. The van der Waals surface area contributed by atoms with Gasteiger partial charge in [0.05, 0.1) is 12.7 Å². The molecule has 0 saturated carbocycles. The third kappa shape index (κ3) is 3.26. The molecule has 0 unspecified atom stereocenters. The summed E-state index contributed by atoms with van der Waals surface area (Å²) in [7, 11) is 1.58. The van der Waals surface area contributed by atoms with Crippen LogP contribution in [-0.2, 0) is 6.61 Å². The van der Waals surface area contributed by atoms with E-state index in [0.29, 0.717) is 0 Å². The maximum Gasteiger partial charge on any atom is 0.338 e. The zero-order valence-corrected chi connectivity index (χ0v) is 10.8. The van der Waals surface area contributed by atoms with Gasteiger partial charge >= 0.3 is 5.97 Å². The normalized spacial score (nSPS) is 10.1. The number of aromatic carboxylic acids is 1. The molecule has 0 aliphatic carbocycles. The summed E-state index contributed by atoms with van der Waals surface area (Å²) in [5.74, 6) is -1.09. The lowest BCUT2D eigenvalue weighted by Gasteiger charge is -2.08. The first-order valence-corrected chi connectivity index (χ1v) is 5.88. The van der Waals surface area contributed by atoms with E-state index in [9.17, 15) is 9.18 Å². The Kier molecular flexibility index (Phi) is 4.20. The zero-order chi connectivity index (χ0) is 14.5. The highest BCUT2D eigenvalue weighted by Crippen LogP contribution is 2.19. The first-order valence-electron chi connectivity index (χ1n) is 5.88. The molecule has 5 heteroatoms. The molecule has 1 N–H and O–H groups in total. The molecule has 0 radical (unpaired) electrons. The quantitative estimate of drug-likeness (QED) is 0.911. The highest BCUT2D eigenvalue weighted by atomic mass is 19.1. The van der Waals surface area contributed by atoms with Crippen molar-refractivity contribution in [2.45, 2.75) is 6.61 Å². The maximum atomic E-state index is 13.4. The van der Waals surface area contributed by atoms with Gasteiger partial charge in [0.1, 0.15) is 23.9 Å². The van der Waals surface area contributed by atoms with Crippen molar-refractivity contribution in [2.75, 3.05) is 7.11 Å². The van der Waals surface area contributed by atoms with Crippen LogP contribution < -0.4 is 9.47 Å². The van der Waals surface area contributed by atoms with Crippen LogP contribution in [0, 0.1) is 5.82 Å². The fourth-order valence-corrected chi connectivity index (χ4v) is 1.65. The smallest absolute Gasteiger partial charge is 0.338 e. The lowest BCUT2D eigenvalue weighted by molar-refractivity contribution is 0.0692. The highest BCUT2D eigenvalue weighted by molar-refractivity contribution is 5.88. The summed E-state index contributed by atoms with van der Waals surface area (Å²) in [4.78, 5) is 10.7. The SMILES string of the molecule is COc1ccc(COc2ccc(C(=O)O)c(F)c2)cc1. The molecule has 0 aromatic heterocycles. The van der Waals surface area contributed by atoms with Crippen molar-refractivity contribution >= 4 is 5.97 Å². The third-order valence-corrected chi connectivity index (χ3v) is 2.74. The van der Waals surface area contributed by atoms with Crippen molar-refractivity contribution in [1.29, 1.82) is 0 Å². The van der Waals surface area contributed by atoms with Gasteiger partial charge in [-0.2, -0.15) is 0 Å². The Morgan fingerprint density at radius 1 is 1.15 bits per heavy atom. The summed E-state index contributed by atoms with van der Waals surface area (Å²) < 4.78 is 23.9. The van der Waals surface area contributed by atoms with E-state index >= 15 is 0 Å². The number of methoxy groups -OCH3 is 1. The van der Waals surface area contributed by atoms with Crippen LogP contribution in [0.4, 0.5) is 4.39 Å². The minimum Gasteiger partial charge on any atom is -0.497 e. The lowest BCUT2D eigenvalue weighted by Crippen LogP contribution is -2.01. The molecule has 0 atom stereocenters. The Balaban J connectivity index is 2.03. The molecule has 104 valence electrons. The van der Waals surface area contributed by atoms with Crippen LogP contribution in [0.25, 0.3) is 0 Å². The number of carboxylic acid groups (broad SMARTS) is 1. The van der Waals surface area contributed by atoms with Gasteiger partial charge in [0.15, 0.2) is 0 Å². The van der Waals surface area contributed by atoms with Gasteiger partial charge in [-0.1, -0.05) is 12.1 Å². The molecular formula is C15H13FO4. The average Bonchev–Trinajstić information content (AvgIpc) is 2.45. The Hall–Kier alpha value is -2.56. The van der Waals surface area contributed by atoms with Crippen molar-refractivity contribution in [3.05, 3.63) is 59.4 Å². The second kappa shape index (κ2) is 6.06. The van der Waals surface area contributed by atoms with E-state index in [1.807, 2.05) is 12.1 Å². The molecule has 0 aliphatic heterocycles. The van der Waals surface area contributed by atoms with Gasteiger partial charge in [-0.3, -0.25) is 0 Å². The summed E-state index contributed by atoms with van der Waals surface area (Å²) in [6, 6.07) is 10.9. The van der Waals surface area contributed by atoms with Crippen molar-refractivity contribution < 1.29 is 23.8 Å². The van der Waals surface area contributed by atoms with Gasteiger partial charge in [0, 0.05) is 6.07 Å². The molecule has 2 rings (SSSR count). The van der Waals surface area contributed by atoms with E-state index in [-0.39, 0.29) is 17.9 Å². The third-order valence-electron chi connectivity index (χ3n) is 2.74. The Morgan fingerprint density at radius 3 is 2.35 bits per heavy atom. The van der Waals surface area contributed by atoms with Crippen LogP contribution in [0.1, 0.15) is 15.9 Å². The van der Waals surface area contributed by atoms with Crippen LogP contribution in [0.3, 0.4) is 0 Å².